The Labute approximate surface area is 179 Å². The molecule has 1 fully saturated rings. The summed E-state index contributed by atoms with van der Waals surface area (Å²) in [7, 11) is -1.68. The summed E-state index contributed by atoms with van der Waals surface area (Å²) in [4.78, 5) is 11.7. The molecule has 1 aromatic rings. The number of rotatable bonds is 2. The van der Waals surface area contributed by atoms with Gasteiger partial charge in [0.2, 0.25) is 0 Å². The van der Waals surface area contributed by atoms with Crippen molar-refractivity contribution in [3.63, 3.8) is 0 Å². The minimum Gasteiger partial charge on any atom is -0.741 e. The summed E-state index contributed by atoms with van der Waals surface area (Å²) < 4.78 is 58.9. The van der Waals surface area contributed by atoms with Gasteiger partial charge < -0.3 is 24.9 Å². The molecule has 0 aromatic carbocycles. The third kappa shape index (κ3) is 13.9. The van der Waals surface area contributed by atoms with Crippen molar-refractivity contribution in [1.82, 2.24) is 19.7 Å². The first-order valence-electron chi connectivity index (χ1n) is 8.19. The topological polar surface area (TPSA) is 123 Å². The molecule has 1 aromatic heterocycles. The zero-order valence-corrected chi connectivity index (χ0v) is 17.9. The first-order chi connectivity index (χ1) is 13.0. The Morgan fingerprint density at radius 2 is 1.45 bits per heavy atom. The van der Waals surface area contributed by atoms with Crippen molar-refractivity contribution in [3.8, 4) is 0 Å². The van der Waals surface area contributed by atoms with E-state index in [2.05, 4.69) is 45.9 Å². The molecule has 1 aliphatic rings. The number of pyridine rings is 1. The van der Waals surface area contributed by atoms with Crippen LogP contribution in [-0.4, -0.2) is 96.8 Å². The number of hydrogen-bond donors (Lipinski definition) is 1. The number of aromatic nitrogens is 1. The van der Waals surface area contributed by atoms with Gasteiger partial charge in [-0.05, 0) is 26.2 Å². The van der Waals surface area contributed by atoms with Crippen LogP contribution in [0.15, 0.2) is 24.4 Å². The van der Waals surface area contributed by atoms with Crippen LogP contribution < -0.4 is 5.26 Å². The molecule has 169 valence electrons. The quantitative estimate of drug-likeness (QED) is 0.196. The van der Waals surface area contributed by atoms with Gasteiger partial charge in [0.25, 0.3) is 0 Å². The van der Waals surface area contributed by atoms with Crippen molar-refractivity contribution >= 4 is 10.1 Å². The minimum atomic E-state index is -6.09. The molecule has 9 nitrogen and oxygen atoms in total. The number of hydrogen-bond acceptors (Lipinski definition) is 9. The van der Waals surface area contributed by atoms with Crippen molar-refractivity contribution in [2.75, 3.05) is 53.4 Å². The van der Waals surface area contributed by atoms with Gasteiger partial charge in [-0.15, -0.1) is 0 Å². The molecule has 2 heterocycles. The van der Waals surface area contributed by atoms with Gasteiger partial charge >= 0.3 is 22.6 Å². The number of halogens is 3. The van der Waals surface area contributed by atoms with E-state index in [-0.39, 0.29) is 17.1 Å². The van der Waals surface area contributed by atoms with Gasteiger partial charge in [0, 0.05) is 52.0 Å². The fourth-order valence-corrected chi connectivity index (χ4v) is 2.18. The predicted octanol–water partition coefficient (Wildman–Crippen LogP) is -0.371. The summed E-state index contributed by atoms with van der Waals surface area (Å²) in [6.07, 6.45) is 1.88. The second-order valence-corrected chi connectivity index (χ2v) is 7.47. The molecule has 1 saturated heterocycles. The van der Waals surface area contributed by atoms with Gasteiger partial charge in [-0.25, -0.2) is 8.42 Å². The number of likely N-dealkylation sites (N-methyl/N-ethyl adjacent to an activating group) is 2. The molecule has 0 saturated carbocycles. The van der Waals surface area contributed by atoms with E-state index in [0.717, 1.165) is 45.8 Å². The fourth-order valence-electron chi connectivity index (χ4n) is 2.18. The molecule has 1 aliphatic heterocycles. The number of nitrogens with zero attached hydrogens (tertiary/aromatic N) is 4. The molecule has 0 bridgehead atoms. The molecule has 1 N–H and O–H groups in total. The second kappa shape index (κ2) is 15.0. The average Bonchev–Trinajstić information content (AvgIpc) is 2.70. The average molecular weight is 486 g/mol. The normalized spacial score (nSPS) is 17.2. The first-order valence-corrected chi connectivity index (χ1v) is 9.59. The molecule has 2 rings (SSSR count). The van der Waals surface area contributed by atoms with Crippen LogP contribution in [0.3, 0.4) is 0 Å². The van der Waals surface area contributed by atoms with E-state index in [1.165, 1.54) is 5.69 Å². The van der Waals surface area contributed by atoms with Crippen LogP contribution >= 0.6 is 0 Å². The maximum Gasteiger partial charge on any atom is 3.00 e. The third-order valence-electron chi connectivity index (χ3n) is 3.85. The van der Waals surface area contributed by atoms with Crippen LogP contribution in [-0.2, 0) is 33.7 Å². The Morgan fingerprint density at radius 3 is 1.79 bits per heavy atom. The summed E-state index contributed by atoms with van der Waals surface area (Å²) in [5, 5.41) is 13.0. The fraction of sp³-hybridized carbons (Fsp3) is 0.667. The van der Waals surface area contributed by atoms with Crippen molar-refractivity contribution < 1.29 is 53.7 Å². The Morgan fingerprint density at radius 1 is 1.03 bits per heavy atom. The van der Waals surface area contributed by atoms with Crippen LogP contribution in [0, 0.1) is 0 Å². The monoisotopic (exact) mass is 486 g/mol. The summed E-state index contributed by atoms with van der Waals surface area (Å²) in [5.74, 6) is 0. The molecule has 0 amide bonds. The molecule has 1 radical (unpaired) electrons. The van der Waals surface area contributed by atoms with E-state index >= 15 is 0 Å². The summed E-state index contributed by atoms with van der Waals surface area (Å²) in [6, 6.07) is 6.15. The first kappa shape index (κ1) is 30.4. The van der Waals surface area contributed by atoms with Gasteiger partial charge in [-0.2, -0.15) is 13.2 Å². The van der Waals surface area contributed by atoms with Crippen LogP contribution in [0.1, 0.15) is 5.69 Å². The minimum absolute atomic E-state index is 0. The Hall–Kier alpha value is -0.831. The van der Waals surface area contributed by atoms with E-state index in [4.69, 9.17) is 23.5 Å². The zero-order valence-electron chi connectivity index (χ0n) is 16.0. The van der Waals surface area contributed by atoms with Crippen LogP contribution in [0.4, 0.5) is 13.2 Å². The Bertz CT molecular complexity index is 627. The van der Waals surface area contributed by atoms with Crippen molar-refractivity contribution in [3.05, 3.63) is 30.1 Å². The second-order valence-electron chi connectivity index (χ2n) is 6.10. The molecule has 0 unspecified atom stereocenters. The van der Waals surface area contributed by atoms with Gasteiger partial charge in [-0.3, -0.25) is 9.88 Å². The summed E-state index contributed by atoms with van der Waals surface area (Å²) in [5.41, 5.74) is -4.48. The Balaban J connectivity index is 0. The van der Waals surface area contributed by atoms with E-state index in [1.807, 2.05) is 12.3 Å². The molecule has 0 spiro atoms. The van der Waals surface area contributed by atoms with Gasteiger partial charge in [0.15, 0.2) is 10.1 Å². The smallest absolute Gasteiger partial charge is 0.741 e. The van der Waals surface area contributed by atoms with Gasteiger partial charge in [0.05, 0.1) is 5.69 Å². The van der Waals surface area contributed by atoms with E-state index in [9.17, 15) is 13.2 Å². The maximum absolute atomic E-state index is 10.7. The standard InChI is InChI=1S/C14H24N4.CHF3O3S.Fe.H2O2/c1-16-7-8-17(2)10-12-18(11-9-16)13-14-5-3-4-6-15-14;2-1(3,4)8(5,6)7;;1-2/h3-6H,7-13H2,1-2H3;(H,5,6,7);;1-2H/q;;+3;/p-2. The zero-order chi connectivity index (χ0) is 21.8. The van der Waals surface area contributed by atoms with Crippen LogP contribution in [0.5, 0.6) is 0 Å². The van der Waals surface area contributed by atoms with Gasteiger partial charge in [0.1, 0.15) is 0 Å². The van der Waals surface area contributed by atoms with E-state index in [1.54, 1.807) is 0 Å². The molecule has 0 aliphatic carbocycles. The van der Waals surface area contributed by atoms with Crippen molar-refractivity contribution in [2.24, 2.45) is 0 Å². The maximum atomic E-state index is 10.7. The molecule has 0 atom stereocenters. The predicted molar refractivity (Wildman–Crippen MR) is 92.9 cm³/mol. The van der Waals surface area contributed by atoms with Crippen molar-refractivity contribution in [1.29, 1.82) is 0 Å². The molecule has 29 heavy (non-hydrogen) atoms. The largest absolute Gasteiger partial charge is 3.00 e. The van der Waals surface area contributed by atoms with E-state index < -0.39 is 15.6 Å². The molecular weight excluding hydrogens is 461 g/mol. The molecule has 14 heteroatoms. The van der Waals surface area contributed by atoms with E-state index in [0.29, 0.717) is 0 Å². The summed E-state index contributed by atoms with van der Waals surface area (Å²) >= 11 is 0. The third-order valence-corrected chi connectivity index (χ3v) is 4.42. The van der Waals surface area contributed by atoms with Crippen LogP contribution in [0.25, 0.3) is 0 Å². The molecular formula is C15H25F3FeN4O5S+. The van der Waals surface area contributed by atoms with Crippen LogP contribution in [0.2, 0.25) is 0 Å². The number of alkyl halides is 3. The van der Waals surface area contributed by atoms with Gasteiger partial charge in [-0.1, -0.05) is 6.07 Å². The Kier molecular flexibility index (Phi) is 15.8. The van der Waals surface area contributed by atoms with Crippen molar-refractivity contribution in [2.45, 2.75) is 12.1 Å². The SMILES string of the molecule is CN1CCN(C)CCN(Cc2ccccn2)CC1.O=S(=O)([O-])C(F)(F)F.[Fe+3].[O-]O. The summed E-state index contributed by atoms with van der Waals surface area (Å²) in [6.45, 7) is 7.81.